The van der Waals surface area contributed by atoms with Crippen LogP contribution in [-0.4, -0.2) is 11.1 Å². The van der Waals surface area contributed by atoms with Crippen molar-refractivity contribution in [1.82, 2.24) is 10.5 Å². The van der Waals surface area contributed by atoms with E-state index in [1.54, 1.807) is 24.3 Å². The van der Waals surface area contributed by atoms with Crippen molar-refractivity contribution in [3.8, 4) is 0 Å². The molecule has 5 heteroatoms. The Bertz CT molecular complexity index is 568. The van der Waals surface area contributed by atoms with Gasteiger partial charge in [-0.2, -0.15) is 0 Å². The summed E-state index contributed by atoms with van der Waals surface area (Å²) in [6.45, 7) is 1.79. The molecule has 2 aromatic rings. The number of aromatic nitrogens is 1. The largest absolute Gasteiger partial charge is 0.361 e. The Hall–Kier alpha value is -1.62. The van der Waals surface area contributed by atoms with Gasteiger partial charge in [-0.15, -0.1) is 11.3 Å². The first-order chi connectivity index (χ1) is 9.20. The van der Waals surface area contributed by atoms with E-state index in [9.17, 15) is 4.79 Å². The first-order valence-corrected chi connectivity index (χ1v) is 7.37. The first kappa shape index (κ1) is 12.4. The molecule has 1 N–H and O–H groups in total. The van der Waals surface area contributed by atoms with Gasteiger partial charge in [-0.1, -0.05) is 24.1 Å². The van der Waals surface area contributed by atoms with Gasteiger partial charge in [-0.3, -0.25) is 4.79 Å². The van der Waals surface area contributed by atoms with E-state index in [0.717, 1.165) is 25.7 Å². The minimum atomic E-state index is -0.210. The van der Waals surface area contributed by atoms with Gasteiger partial charge < -0.3 is 9.84 Å². The summed E-state index contributed by atoms with van der Waals surface area (Å²) in [5, 5.41) is 9.02. The number of carbonyl (C=O) groups is 1. The SMILES string of the molecule is Cc1cc(C(=O)NC2(c3cccs3)CCCC2)no1. The van der Waals surface area contributed by atoms with Crippen LogP contribution in [0.15, 0.2) is 28.1 Å². The topological polar surface area (TPSA) is 55.1 Å². The Morgan fingerprint density at radius 1 is 1.47 bits per heavy atom. The van der Waals surface area contributed by atoms with Crippen LogP contribution in [0.2, 0.25) is 0 Å². The highest BCUT2D eigenvalue weighted by Gasteiger charge is 2.38. The number of hydrogen-bond donors (Lipinski definition) is 1. The molecule has 19 heavy (non-hydrogen) atoms. The van der Waals surface area contributed by atoms with E-state index >= 15 is 0 Å². The second kappa shape index (κ2) is 4.81. The molecule has 1 saturated carbocycles. The fourth-order valence-corrected chi connectivity index (χ4v) is 3.66. The molecule has 1 aliphatic carbocycles. The lowest BCUT2D eigenvalue weighted by molar-refractivity contribution is 0.0890. The molecule has 0 aromatic carbocycles. The minimum Gasteiger partial charge on any atom is -0.361 e. The van der Waals surface area contributed by atoms with Crippen molar-refractivity contribution >= 4 is 17.2 Å². The third-order valence-corrected chi connectivity index (χ3v) is 4.74. The average Bonchev–Trinajstić information content (AvgIpc) is 3.08. The van der Waals surface area contributed by atoms with Crippen molar-refractivity contribution in [3.63, 3.8) is 0 Å². The predicted octanol–water partition coefficient (Wildman–Crippen LogP) is 3.24. The van der Waals surface area contributed by atoms with Crippen molar-refractivity contribution in [2.75, 3.05) is 0 Å². The quantitative estimate of drug-likeness (QED) is 0.936. The van der Waals surface area contributed by atoms with E-state index in [-0.39, 0.29) is 11.4 Å². The van der Waals surface area contributed by atoms with Crippen molar-refractivity contribution in [2.24, 2.45) is 0 Å². The molecular weight excluding hydrogens is 260 g/mol. The molecule has 100 valence electrons. The summed E-state index contributed by atoms with van der Waals surface area (Å²) in [5.74, 6) is 0.508. The van der Waals surface area contributed by atoms with Gasteiger partial charge in [0.2, 0.25) is 0 Å². The number of rotatable bonds is 3. The maximum atomic E-state index is 12.3. The third-order valence-electron chi connectivity index (χ3n) is 3.66. The standard InChI is InChI=1S/C14H16N2O2S/c1-10-9-11(16-18-10)13(17)15-14(6-2-3-7-14)12-5-4-8-19-12/h4-5,8-9H,2-3,6-7H2,1H3,(H,15,17). The van der Waals surface area contributed by atoms with Gasteiger partial charge >= 0.3 is 0 Å². The number of amides is 1. The van der Waals surface area contributed by atoms with Gasteiger partial charge in [-0.05, 0) is 31.2 Å². The van der Waals surface area contributed by atoms with Crippen LogP contribution < -0.4 is 5.32 Å². The zero-order chi connectivity index (χ0) is 13.3. The number of carbonyl (C=O) groups excluding carboxylic acids is 1. The molecule has 0 aliphatic heterocycles. The zero-order valence-corrected chi connectivity index (χ0v) is 11.6. The predicted molar refractivity (Wildman–Crippen MR) is 73.2 cm³/mol. The molecule has 2 heterocycles. The van der Waals surface area contributed by atoms with Crippen LogP contribution in [0.25, 0.3) is 0 Å². The highest BCUT2D eigenvalue weighted by molar-refractivity contribution is 7.10. The number of thiophene rings is 1. The fourth-order valence-electron chi connectivity index (χ4n) is 2.72. The van der Waals surface area contributed by atoms with Crippen LogP contribution in [0.3, 0.4) is 0 Å². The Labute approximate surface area is 115 Å². The number of aryl methyl sites for hydroxylation is 1. The molecule has 2 aromatic heterocycles. The second-order valence-electron chi connectivity index (χ2n) is 5.04. The van der Waals surface area contributed by atoms with E-state index < -0.39 is 0 Å². The van der Waals surface area contributed by atoms with Gasteiger partial charge in [0, 0.05) is 10.9 Å². The van der Waals surface area contributed by atoms with Crippen LogP contribution in [-0.2, 0) is 5.54 Å². The summed E-state index contributed by atoms with van der Waals surface area (Å²) in [5.41, 5.74) is 0.151. The molecule has 1 amide bonds. The number of nitrogens with one attached hydrogen (secondary N) is 1. The highest BCUT2D eigenvalue weighted by Crippen LogP contribution is 2.40. The van der Waals surface area contributed by atoms with E-state index in [4.69, 9.17) is 4.52 Å². The zero-order valence-electron chi connectivity index (χ0n) is 10.8. The summed E-state index contributed by atoms with van der Waals surface area (Å²) in [4.78, 5) is 13.5. The Kier molecular flexibility index (Phi) is 3.14. The summed E-state index contributed by atoms with van der Waals surface area (Å²) >= 11 is 1.70. The Morgan fingerprint density at radius 3 is 2.84 bits per heavy atom. The van der Waals surface area contributed by atoms with Crippen LogP contribution in [0.5, 0.6) is 0 Å². The molecule has 1 aliphatic rings. The lowest BCUT2D eigenvalue weighted by Crippen LogP contribution is -2.43. The maximum Gasteiger partial charge on any atom is 0.274 e. The van der Waals surface area contributed by atoms with E-state index in [0.29, 0.717) is 11.5 Å². The molecule has 1 fully saturated rings. The van der Waals surface area contributed by atoms with Gasteiger partial charge in [0.25, 0.3) is 5.91 Å². The average molecular weight is 276 g/mol. The summed E-state index contributed by atoms with van der Waals surface area (Å²) in [6, 6.07) is 5.81. The molecule has 0 bridgehead atoms. The van der Waals surface area contributed by atoms with E-state index in [2.05, 4.69) is 21.9 Å². The van der Waals surface area contributed by atoms with Crippen molar-refractivity contribution < 1.29 is 9.32 Å². The lowest BCUT2D eigenvalue weighted by Gasteiger charge is -2.28. The second-order valence-corrected chi connectivity index (χ2v) is 5.99. The first-order valence-electron chi connectivity index (χ1n) is 6.49. The fraction of sp³-hybridized carbons (Fsp3) is 0.429. The number of nitrogens with zero attached hydrogens (tertiary/aromatic N) is 1. The summed E-state index contributed by atoms with van der Waals surface area (Å²) in [6.07, 6.45) is 4.29. The molecule has 4 nitrogen and oxygen atoms in total. The van der Waals surface area contributed by atoms with E-state index in [1.807, 2.05) is 6.07 Å². The maximum absolute atomic E-state index is 12.3. The Morgan fingerprint density at radius 2 is 2.26 bits per heavy atom. The molecule has 3 rings (SSSR count). The lowest BCUT2D eigenvalue weighted by atomic mass is 9.95. The monoisotopic (exact) mass is 276 g/mol. The van der Waals surface area contributed by atoms with Crippen LogP contribution in [0.1, 0.15) is 46.8 Å². The molecule has 0 saturated heterocycles. The van der Waals surface area contributed by atoms with Crippen LogP contribution in [0.4, 0.5) is 0 Å². The molecule has 0 atom stereocenters. The van der Waals surface area contributed by atoms with Crippen molar-refractivity contribution in [1.29, 1.82) is 0 Å². The highest BCUT2D eigenvalue weighted by atomic mass is 32.1. The van der Waals surface area contributed by atoms with Gasteiger partial charge in [0.05, 0.1) is 5.54 Å². The van der Waals surface area contributed by atoms with E-state index in [1.165, 1.54) is 4.88 Å². The van der Waals surface area contributed by atoms with Gasteiger partial charge in [-0.25, -0.2) is 0 Å². The normalized spacial score (nSPS) is 17.5. The smallest absolute Gasteiger partial charge is 0.274 e. The Balaban J connectivity index is 1.85. The molecule has 0 radical (unpaired) electrons. The van der Waals surface area contributed by atoms with Crippen LogP contribution in [0, 0.1) is 6.92 Å². The van der Waals surface area contributed by atoms with Crippen molar-refractivity contribution in [2.45, 2.75) is 38.1 Å². The number of hydrogen-bond acceptors (Lipinski definition) is 4. The van der Waals surface area contributed by atoms with Gasteiger partial charge in [0.15, 0.2) is 5.69 Å². The van der Waals surface area contributed by atoms with Crippen molar-refractivity contribution in [3.05, 3.63) is 39.9 Å². The third kappa shape index (κ3) is 2.30. The van der Waals surface area contributed by atoms with Crippen LogP contribution >= 0.6 is 11.3 Å². The summed E-state index contributed by atoms with van der Waals surface area (Å²) < 4.78 is 4.97. The molecular formula is C14H16N2O2S. The summed E-state index contributed by atoms with van der Waals surface area (Å²) in [7, 11) is 0. The minimum absolute atomic E-state index is 0.146. The molecule has 0 spiro atoms. The van der Waals surface area contributed by atoms with Gasteiger partial charge in [0.1, 0.15) is 5.76 Å². The molecule has 0 unspecified atom stereocenters.